The van der Waals surface area contributed by atoms with Crippen molar-refractivity contribution in [1.82, 2.24) is 15.5 Å². The van der Waals surface area contributed by atoms with Gasteiger partial charge < -0.3 is 15.8 Å². The average molecular weight is 290 g/mol. The lowest BCUT2D eigenvalue weighted by Crippen LogP contribution is -2.25. The zero-order valence-electron chi connectivity index (χ0n) is 11.8. The maximum atomic E-state index is 12.1. The largest absolute Gasteiger partial charge is 0.466 e. The third kappa shape index (κ3) is 3.71. The first kappa shape index (κ1) is 14.8. The van der Waals surface area contributed by atoms with Crippen LogP contribution in [0.25, 0.3) is 10.9 Å². The van der Waals surface area contributed by atoms with Crippen molar-refractivity contribution in [3.8, 4) is 0 Å². The Hall–Kier alpha value is -2.57. The number of nitrogens with one attached hydrogen (secondary N) is 2. The van der Waals surface area contributed by atoms with Crippen LogP contribution in [0.1, 0.15) is 30.3 Å². The summed E-state index contributed by atoms with van der Waals surface area (Å²) in [4.78, 5) is 23.2. The Labute approximate surface area is 121 Å². The van der Waals surface area contributed by atoms with Gasteiger partial charge in [-0.2, -0.15) is 5.10 Å². The van der Waals surface area contributed by atoms with Gasteiger partial charge in [-0.25, -0.2) is 0 Å². The van der Waals surface area contributed by atoms with Gasteiger partial charge in [0.15, 0.2) is 5.69 Å². The predicted molar refractivity (Wildman–Crippen MR) is 78.7 cm³/mol. The SMILES string of the molecule is CCOC(=O)CCCNC(=O)c1n[nH]c2ccc(N)cc12. The Kier molecular flexibility index (Phi) is 4.76. The molecule has 0 atom stereocenters. The van der Waals surface area contributed by atoms with E-state index >= 15 is 0 Å². The van der Waals surface area contributed by atoms with Crippen molar-refractivity contribution in [3.63, 3.8) is 0 Å². The zero-order chi connectivity index (χ0) is 15.2. The lowest BCUT2D eigenvalue weighted by Gasteiger charge is -2.04. The highest BCUT2D eigenvalue weighted by Gasteiger charge is 2.14. The van der Waals surface area contributed by atoms with Crippen molar-refractivity contribution >= 4 is 28.5 Å². The number of nitrogen functional groups attached to an aromatic ring is 1. The van der Waals surface area contributed by atoms with Crippen LogP contribution in [-0.2, 0) is 9.53 Å². The van der Waals surface area contributed by atoms with Crippen molar-refractivity contribution in [2.75, 3.05) is 18.9 Å². The third-order valence-electron chi connectivity index (χ3n) is 2.95. The number of fused-ring (bicyclic) bond motifs is 1. The van der Waals surface area contributed by atoms with E-state index in [2.05, 4.69) is 15.5 Å². The number of rotatable bonds is 6. The Morgan fingerprint density at radius 2 is 2.24 bits per heavy atom. The molecule has 2 aromatic rings. The molecule has 1 aromatic carbocycles. The van der Waals surface area contributed by atoms with Gasteiger partial charge in [0.25, 0.3) is 5.91 Å². The van der Waals surface area contributed by atoms with Gasteiger partial charge in [-0.1, -0.05) is 0 Å². The summed E-state index contributed by atoms with van der Waals surface area (Å²) >= 11 is 0. The molecule has 0 bridgehead atoms. The normalized spacial score (nSPS) is 10.5. The van der Waals surface area contributed by atoms with Crippen LogP contribution in [0, 0.1) is 0 Å². The van der Waals surface area contributed by atoms with Gasteiger partial charge in [0.2, 0.25) is 0 Å². The molecule has 1 aromatic heterocycles. The number of carbonyl (C=O) groups excluding carboxylic acids is 2. The monoisotopic (exact) mass is 290 g/mol. The molecule has 0 radical (unpaired) electrons. The third-order valence-corrected chi connectivity index (χ3v) is 2.95. The summed E-state index contributed by atoms with van der Waals surface area (Å²) in [5.41, 5.74) is 7.33. The second-order valence-corrected chi connectivity index (χ2v) is 4.54. The van der Waals surface area contributed by atoms with Crippen LogP contribution in [-0.4, -0.2) is 35.2 Å². The van der Waals surface area contributed by atoms with Crippen LogP contribution in [0.15, 0.2) is 18.2 Å². The molecule has 4 N–H and O–H groups in total. The molecule has 0 saturated heterocycles. The average Bonchev–Trinajstić information content (AvgIpc) is 2.86. The number of aromatic nitrogens is 2. The van der Waals surface area contributed by atoms with E-state index in [1.807, 2.05) is 0 Å². The number of ether oxygens (including phenoxy) is 1. The summed E-state index contributed by atoms with van der Waals surface area (Å²) in [6.07, 6.45) is 0.803. The van der Waals surface area contributed by atoms with Crippen molar-refractivity contribution in [2.24, 2.45) is 0 Å². The molecule has 2 rings (SSSR count). The van der Waals surface area contributed by atoms with Crippen molar-refractivity contribution in [2.45, 2.75) is 19.8 Å². The second kappa shape index (κ2) is 6.74. The minimum absolute atomic E-state index is 0.259. The summed E-state index contributed by atoms with van der Waals surface area (Å²) in [6, 6.07) is 5.21. The van der Waals surface area contributed by atoms with Crippen LogP contribution in [0.3, 0.4) is 0 Å². The number of hydrogen-bond donors (Lipinski definition) is 3. The first-order valence-corrected chi connectivity index (χ1v) is 6.79. The van der Waals surface area contributed by atoms with Crippen LogP contribution in [0.2, 0.25) is 0 Å². The molecule has 0 saturated carbocycles. The Morgan fingerprint density at radius 3 is 3.00 bits per heavy atom. The Morgan fingerprint density at radius 1 is 1.43 bits per heavy atom. The summed E-state index contributed by atoms with van der Waals surface area (Å²) in [6.45, 7) is 2.51. The Bertz CT molecular complexity index is 651. The molecule has 0 spiro atoms. The number of nitrogens with zero attached hydrogens (tertiary/aromatic N) is 1. The van der Waals surface area contributed by atoms with Gasteiger partial charge >= 0.3 is 5.97 Å². The summed E-state index contributed by atoms with van der Waals surface area (Å²) in [5.74, 6) is -0.555. The van der Waals surface area contributed by atoms with Gasteiger partial charge in [0, 0.05) is 24.0 Å². The van der Waals surface area contributed by atoms with E-state index in [9.17, 15) is 9.59 Å². The van der Waals surface area contributed by atoms with Crippen molar-refractivity contribution < 1.29 is 14.3 Å². The summed E-state index contributed by atoms with van der Waals surface area (Å²) in [5, 5.41) is 10.2. The van der Waals surface area contributed by atoms with Crippen molar-refractivity contribution in [1.29, 1.82) is 0 Å². The minimum atomic E-state index is -0.296. The van der Waals surface area contributed by atoms with Gasteiger partial charge in [-0.3, -0.25) is 14.7 Å². The van der Waals surface area contributed by atoms with Crippen LogP contribution in [0.4, 0.5) is 5.69 Å². The first-order valence-electron chi connectivity index (χ1n) is 6.79. The highest BCUT2D eigenvalue weighted by atomic mass is 16.5. The van der Waals surface area contributed by atoms with Gasteiger partial charge in [0.05, 0.1) is 12.1 Å². The van der Waals surface area contributed by atoms with E-state index in [0.29, 0.717) is 36.3 Å². The molecule has 0 aliphatic carbocycles. The Balaban J connectivity index is 1.91. The molecule has 0 unspecified atom stereocenters. The number of esters is 1. The number of anilines is 1. The topological polar surface area (TPSA) is 110 Å². The summed E-state index contributed by atoms with van der Waals surface area (Å²) < 4.78 is 4.81. The summed E-state index contributed by atoms with van der Waals surface area (Å²) in [7, 11) is 0. The van der Waals surface area contributed by atoms with E-state index in [1.54, 1.807) is 25.1 Å². The number of H-pyrrole nitrogens is 1. The molecule has 1 heterocycles. The number of aromatic amines is 1. The highest BCUT2D eigenvalue weighted by molar-refractivity contribution is 6.05. The maximum absolute atomic E-state index is 12.1. The molecule has 0 aliphatic rings. The van der Waals surface area contributed by atoms with Gasteiger partial charge in [0.1, 0.15) is 0 Å². The fourth-order valence-corrected chi connectivity index (χ4v) is 1.96. The quantitative estimate of drug-likeness (QED) is 0.421. The molecular formula is C14H18N4O3. The number of nitrogens with two attached hydrogens (primary N) is 1. The van der Waals surface area contributed by atoms with E-state index < -0.39 is 0 Å². The molecule has 7 heteroatoms. The van der Waals surface area contributed by atoms with Gasteiger partial charge in [-0.05, 0) is 31.5 Å². The minimum Gasteiger partial charge on any atom is -0.466 e. The molecule has 0 aliphatic heterocycles. The molecule has 7 nitrogen and oxygen atoms in total. The number of carbonyl (C=O) groups is 2. The van der Waals surface area contributed by atoms with Crippen molar-refractivity contribution in [3.05, 3.63) is 23.9 Å². The highest BCUT2D eigenvalue weighted by Crippen LogP contribution is 2.18. The molecule has 112 valence electrons. The smallest absolute Gasteiger partial charge is 0.305 e. The van der Waals surface area contributed by atoms with E-state index in [-0.39, 0.29) is 18.3 Å². The first-order chi connectivity index (χ1) is 10.1. The lowest BCUT2D eigenvalue weighted by atomic mass is 10.2. The van der Waals surface area contributed by atoms with Gasteiger partial charge in [-0.15, -0.1) is 0 Å². The fourth-order valence-electron chi connectivity index (χ4n) is 1.96. The second-order valence-electron chi connectivity index (χ2n) is 4.54. The van der Waals surface area contributed by atoms with E-state index in [0.717, 1.165) is 5.52 Å². The predicted octanol–water partition coefficient (Wildman–Crippen LogP) is 1.22. The van der Waals surface area contributed by atoms with E-state index in [4.69, 9.17) is 10.5 Å². The maximum Gasteiger partial charge on any atom is 0.305 e. The molecule has 0 fully saturated rings. The van der Waals surface area contributed by atoms with Crippen LogP contribution < -0.4 is 11.1 Å². The zero-order valence-corrected chi connectivity index (χ0v) is 11.8. The molecule has 21 heavy (non-hydrogen) atoms. The van der Waals surface area contributed by atoms with E-state index in [1.165, 1.54) is 0 Å². The van der Waals surface area contributed by atoms with Crippen LogP contribution in [0.5, 0.6) is 0 Å². The number of hydrogen-bond acceptors (Lipinski definition) is 5. The fraction of sp³-hybridized carbons (Fsp3) is 0.357. The standard InChI is InChI=1S/C14H18N4O3/c1-2-21-12(19)4-3-7-16-14(20)13-10-8-9(15)5-6-11(10)17-18-13/h5-6,8H,2-4,7,15H2,1H3,(H,16,20)(H,17,18). The lowest BCUT2D eigenvalue weighted by molar-refractivity contribution is -0.143. The number of amides is 1. The number of benzene rings is 1. The molecule has 1 amide bonds. The van der Waals surface area contributed by atoms with Crippen LogP contribution >= 0.6 is 0 Å². The molecular weight excluding hydrogens is 272 g/mol.